The van der Waals surface area contributed by atoms with E-state index in [0.717, 1.165) is 31.7 Å². The molecule has 0 aliphatic rings. The van der Waals surface area contributed by atoms with Gasteiger partial charge in [-0.2, -0.15) is 10.2 Å². The Morgan fingerprint density at radius 3 is 2.65 bits per heavy atom. The number of hydrogen-bond donors (Lipinski definition) is 1. The van der Waals surface area contributed by atoms with Crippen molar-refractivity contribution in [2.75, 3.05) is 6.54 Å². The van der Waals surface area contributed by atoms with Gasteiger partial charge in [0.05, 0.1) is 23.6 Å². The average Bonchev–Trinajstić information content (AvgIpc) is 3.06. The van der Waals surface area contributed by atoms with Crippen LogP contribution in [0.15, 0.2) is 18.5 Å². The topological polar surface area (TPSA) is 47.7 Å². The molecule has 0 aromatic carbocycles. The van der Waals surface area contributed by atoms with Crippen LogP contribution in [0.3, 0.4) is 0 Å². The molecular weight excluding hydrogens is 250 g/mol. The zero-order chi connectivity index (χ0) is 14.5. The van der Waals surface area contributed by atoms with Crippen molar-refractivity contribution in [3.8, 4) is 0 Å². The highest BCUT2D eigenvalue weighted by molar-refractivity contribution is 5.25. The Morgan fingerprint density at radius 2 is 2.05 bits per heavy atom. The Balaban J connectivity index is 2.35. The van der Waals surface area contributed by atoms with Gasteiger partial charge < -0.3 is 5.32 Å². The highest BCUT2D eigenvalue weighted by atomic mass is 15.3. The van der Waals surface area contributed by atoms with Gasteiger partial charge in [0.1, 0.15) is 0 Å². The van der Waals surface area contributed by atoms with E-state index in [1.54, 1.807) is 0 Å². The van der Waals surface area contributed by atoms with Crippen LogP contribution in [0.5, 0.6) is 0 Å². The van der Waals surface area contributed by atoms with Crippen molar-refractivity contribution in [3.63, 3.8) is 0 Å². The lowest BCUT2D eigenvalue weighted by atomic mass is 10.1. The van der Waals surface area contributed by atoms with Crippen molar-refractivity contribution in [1.29, 1.82) is 0 Å². The molecule has 20 heavy (non-hydrogen) atoms. The van der Waals surface area contributed by atoms with Gasteiger partial charge in [-0.25, -0.2) is 0 Å². The van der Waals surface area contributed by atoms with Gasteiger partial charge in [-0.1, -0.05) is 6.92 Å². The molecule has 0 fully saturated rings. The Hall–Kier alpha value is -1.62. The largest absolute Gasteiger partial charge is 0.305 e. The van der Waals surface area contributed by atoms with Crippen LogP contribution in [0, 0.1) is 6.92 Å². The summed E-state index contributed by atoms with van der Waals surface area (Å²) in [6.07, 6.45) is 5.19. The van der Waals surface area contributed by atoms with E-state index in [2.05, 4.69) is 53.2 Å². The van der Waals surface area contributed by atoms with Gasteiger partial charge >= 0.3 is 0 Å². The van der Waals surface area contributed by atoms with E-state index in [0.29, 0.717) is 0 Å². The molecule has 0 spiro atoms. The second-order valence-electron chi connectivity index (χ2n) is 5.04. The number of nitrogens with one attached hydrogen (secondary N) is 1. The fourth-order valence-electron chi connectivity index (χ4n) is 2.43. The molecular formula is C15H25N5. The molecule has 0 saturated carbocycles. The Kier molecular flexibility index (Phi) is 4.95. The van der Waals surface area contributed by atoms with E-state index in [9.17, 15) is 0 Å². The summed E-state index contributed by atoms with van der Waals surface area (Å²) in [6, 6.07) is 2.33. The molecule has 110 valence electrons. The van der Waals surface area contributed by atoms with Gasteiger partial charge in [-0.3, -0.25) is 9.36 Å². The summed E-state index contributed by atoms with van der Waals surface area (Å²) in [6.45, 7) is 11.2. The second-order valence-corrected chi connectivity index (χ2v) is 5.04. The summed E-state index contributed by atoms with van der Waals surface area (Å²) in [4.78, 5) is 0. The van der Waals surface area contributed by atoms with Crippen molar-refractivity contribution in [2.24, 2.45) is 0 Å². The van der Waals surface area contributed by atoms with Crippen LogP contribution >= 0.6 is 0 Å². The molecule has 2 heterocycles. The Labute approximate surface area is 121 Å². The van der Waals surface area contributed by atoms with Crippen molar-refractivity contribution in [2.45, 2.75) is 53.2 Å². The summed E-state index contributed by atoms with van der Waals surface area (Å²) in [7, 11) is 0. The highest BCUT2D eigenvalue weighted by Crippen LogP contribution is 2.22. The summed E-state index contributed by atoms with van der Waals surface area (Å²) in [5.74, 6) is 0. The van der Waals surface area contributed by atoms with Gasteiger partial charge in [0.15, 0.2) is 0 Å². The van der Waals surface area contributed by atoms with Gasteiger partial charge in [0.25, 0.3) is 0 Å². The van der Waals surface area contributed by atoms with E-state index in [4.69, 9.17) is 0 Å². The van der Waals surface area contributed by atoms with Gasteiger partial charge in [-0.05, 0) is 39.8 Å². The van der Waals surface area contributed by atoms with Crippen molar-refractivity contribution in [3.05, 3.63) is 35.4 Å². The first kappa shape index (κ1) is 14.8. The maximum atomic E-state index is 4.56. The molecule has 2 aromatic heterocycles. The van der Waals surface area contributed by atoms with Crippen LogP contribution in [-0.2, 0) is 13.1 Å². The third-order valence-corrected chi connectivity index (χ3v) is 3.44. The molecule has 1 atom stereocenters. The summed E-state index contributed by atoms with van der Waals surface area (Å²) >= 11 is 0. The Morgan fingerprint density at radius 1 is 1.25 bits per heavy atom. The van der Waals surface area contributed by atoms with Crippen LogP contribution in [0.1, 0.15) is 50.2 Å². The molecule has 0 amide bonds. The van der Waals surface area contributed by atoms with Gasteiger partial charge in [0.2, 0.25) is 0 Å². The molecule has 0 aliphatic carbocycles. The molecule has 0 saturated heterocycles. The van der Waals surface area contributed by atoms with Gasteiger partial charge in [0, 0.05) is 24.8 Å². The molecule has 1 N–H and O–H groups in total. The SMILES string of the molecule is CCCNC(c1cnn(CC)c1)c1cc(C)nn1CC. The number of hydrogen-bond acceptors (Lipinski definition) is 3. The summed E-state index contributed by atoms with van der Waals surface area (Å²) in [5.41, 5.74) is 3.48. The van der Waals surface area contributed by atoms with Crippen LogP contribution in [-0.4, -0.2) is 26.1 Å². The predicted molar refractivity (Wildman–Crippen MR) is 80.7 cm³/mol. The summed E-state index contributed by atoms with van der Waals surface area (Å²) < 4.78 is 4.04. The predicted octanol–water partition coefficient (Wildman–Crippen LogP) is 2.52. The van der Waals surface area contributed by atoms with E-state index in [1.807, 2.05) is 17.8 Å². The zero-order valence-corrected chi connectivity index (χ0v) is 12.9. The molecule has 5 nitrogen and oxygen atoms in total. The lowest BCUT2D eigenvalue weighted by Crippen LogP contribution is -2.25. The molecule has 2 aromatic rings. The summed E-state index contributed by atoms with van der Waals surface area (Å²) in [5, 5.41) is 12.6. The van der Waals surface area contributed by atoms with Crippen LogP contribution in [0.25, 0.3) is 0 Å². The second kappa shape index (κ2) is 6.70. The van der Waals surface area contributed by atoms with Crippen LogP contribution < -0.4 is 5.32 Å². The number of aromatic nitrogens is 4. The van der Waals surface area contributed by atoms with Crippen LogP contribution in [0.4, 0.5) is 0 Å². The molecule has 0 radical (unpaired) electrons. The maximum absolute atomic E-state index is 4.56. The van der Waals surface area contributed by atoms with Crippen molar-refractivity contribution < 1.29 is 0 Å². The number of aryl methyl sites for hydroxylation is 3. The first-order valence-corrected chi connectivity index (χ1v) is 7.49. The quantitative estimate of drug-likeness (QED) is 0.844. The third kappa shape index (κ3) is 3.10. The minimum Gasteiger partial charge on any atom is -0.305 e. The Bertz CT molecular complexity index is 540. The van der Waals surface area contributed by atoms with Crippen molar-refractivity contribution >= 4 is 0 Å². The first-order chi connectivity index (χ1) is 9.69. The third-order valence-electron chi connectivity index (χ3n) is 3.44. The number of nitrogens with zero attached hydrogens (tertiary/aromatic N) is 4. The van der Waals surface area contributed by atoms with Crippen LogP contribution in [0.2, 0.25) is 0 Å². The minimum atomic E-state index is 0.163. The minimum absolute atomic E-state index is 0.163. The number of rotatable bonds is 7. The fourth-order valence-corrected chi connectivity index (χ4v) is 2.43. The monoisotopic (exact) mass is 275 g/mol. The normalized spacial score (nSPS) is 12.8. The molecule has 1 unspecified atom stereocenters. The molecule has 0 aliphatic heterocycles. The van der Waals surface area contributed by atoms with E-state index < -0.39 is 0 Å². The maximum Gasteiger partial charge on any atom is 0.0779 e. The smallest absolute Gasteiger partial charge is 0.0779 e. The van der Waals surface area contributed by atoms with E-state index in [-0.39, 0.29) is 6.04 Å². The van der Waals surface area contributed by atoms with Crippen molar-refractivity contribution in [1.82, 2.24) is 24.9 Å². The lowest BCUT2D eigenvalue weighted by Gasteiger charge is -2.18. The molecule has 0 bridgehead atoms. The lowest BCUT2D eigenvalue weighted by molar-refractivity contribution is 0.528. The molecule has 5 heteroatoms. The fraction of sp³-hybridized carbons (Fsp3) is 0.600. The first-order valence-electron chi connectivity index (χ1n) is 7.49. The highest BCUT2D eigenvalue weighted by Gasteiger charge is 2.19. The van der Waals surface area contributed by atoms with E-state index in [1.165, 1.54) is 11.3 Å². The van der Waals surface area contributed by atoms with E-state index >= 15 is 0 Å². The average molecular weight is 275 g/mol. The standard InChI is InChI=1S/C15H25N5/c1-5-8-16-15(13-10-17-19(6-2)11-13)14-9-12(4)18-20(14)7-3/h9-11,15-16H,5-8H2,1-4H3. The zero-order valence-electron chi connectivity index (χ0n) is 12.9. The van der Waals surface area contributed by atoms with Gasteiger partial charge in [-0.15, -0.1) is 0 Å². The molecule has 2 rings (SSSR count).